The second-order valence-electron chi connectivity index (χ2n) is 4.81. The summed E-state index contributed by atoms with van der Waals surface area (Å²) < 4.78 is 5.36. The van der Waals surface area contributed by atoms with E-state index in [0.717, 1.165) is 32.2 Å². The molecule has 0 spiro atoms. The van der Waals surface area contributed by atoms with Gasteiger partial charge in [0.1, 0.15) is 0 Å². The molecular weight excluding hydrogens is 200 g/mol. The molecule has 1 atom stereocenters. The lowest BCUT2D eigenvalue weighted by Crippen LogP contribution is -2.44. The summed E-state index contributed by atoms with van der Waals surface area (Å²) in [4.78, 5) is 2.64. The zero-order valence-corrected chi connectivity index (χ0v) is 11.0. The van der Waals surface area contributed by atoms with Crippen molar-refractivity contribution >= 4 is 0 Å². The van der Waals surface area contributed by atoms with E-state index in [2.05, 4.69) is 11.8 Å². The van der Waals surface area contributed by atoms with Crippen molar-refractivity contribution in [2.24, 2.45) is 5.73 Å². The second-order valence-corrected chi connectivity index (χ2v) is 4.81. The fourth-order valence-corrected chi connectivity index (χ4v) is 2.94. The summed E-state index contributed by atoms with van der Waals surface area (Å²) in [5.74, 6) is 0. The Morgan fingerprint density at radius 1 is 1.38 bits per heavy atom. The average molecular weight is 228 g/mol. The summed E-state index contributed by atoms with van der Waals surface area (Å²) in [6, 6.07) is 1.37. The van der Waals surface area contributed by atoms with Crippen LogP contribution in [0.5, 0.6) is 0 Å². The number of likely N-dealkylation sites (N-methyl/N-ethyl adjacent to an activating group) is 1. The smallest absolute Gasteiger partial charge is 0.0618 e. The van der Waals surface area contributed by atoms with E-state index in [0.29, 0.717) is 6.04 Å². The van der Waals surface area contributed by atoms with E-state index in [4.69, 9.17) is 10.5 Å². The minimum Gasteiger partial charge on any atom is -0.383 e. The molecule has 0 heterocycles. The van der Waals surface area contributed by atoms with Gasteiger partial charge in [-0.25, -0.2) is 0 Å². The topological polar surface area (TPSA) is 38.5 Å². The van der Waals surface area contributed by atoms with Crippen LogP contribution in [0.15, 0.2) is 0 Å². The number of ether oxygens (including phenoxy) is 1. The van der Waals surface area contributed by atoms with Crippen molar-refractivity contribution in [2.45, 2.75) is 57.5 Å². The molecule has 1 unspecified atom stereocenters. The van der Waals surface area contributed by atoms with Gasteiger partial charge in [-0.05, 0) is 38.8 Å². The Hall–Kier alpha value is -0.120. The van der Waals surface area contributed by atoms with Crippen LogP contribution in [-0.4, -0.2) is 43.8 Å². The zero-order chi connectivity index (χ0) is 11.8. The molecule has 96 valence electrons. The third-order valence-electron chi connectivity index (χ3n) is 3.73. The van der Waals surface area contributed by atoms with E-state index in [1.165, 1.54) is 32.1 Å². The van der Waals surface area contributed by atoms with Gasteiger partial charge in [0, 0.05) is 19.2 Å². The predicted octanol–water partition coefficient (Wildman–Crippen LogP) is 2.00. The highest BCUT2D eigenvalue weighted by molar-refractivity contribution is 4.82. The van der Waals surface area contributed by atoms with Crippen molar-refractivity contribution in [2.75, 3.05) is 26.8 Å². The third-order valence-corrected chi connectivity index (χ3v) is 3.73. The largest absolute Gasteiger partial charge is 0.383 e. The standard InChI is InChI=1S/C13H28N2O/c1-3-15(12-7-4-5-8-12)13(11-16-2)9-6-10-14/h12-13H,3-11,14H2,1-2H3. The first kappa shape index (κ1) is 13.9. The van der Waals surface area contributed by atoms with E-state index >= 15 is 0 Å². The molecule has 0 aliphatic heterocycles. The van der Waals surface area contributed by atoms with Crippen LogP contribution in [0.25, 0.3) is 0 Å². The average Bonchev–Trinajstić information content (AvgIpc) is 2.80. The molecule has 0 radical (unpaired) electrons. The normalized spacial score (nSPS) is 19.5. The van der Waals surface area contributed by atoms with Gasteiger partial charge in [0.15, 0.2) is 0 Å². The van der Waals surface area contributed by atoms with E-state index in [1.807, 2.05) is 0 Å². The van der Waals surface area contributed by atoms with Crippen molar-refractivity contribution < 1.29 is 4.74 Å². The second kappa shape index (κ2) is 8.04. The summed E-state index contributed by atoms with van der Waals surface area (Å²) in [5, 5.41) is 0. The summed E-state index contributed by atoms with van der Waals surface area (Å²) in [6.45, 7) is 5.06. The Kier molecular flexibility index (Phi) is 7.01. The molecule has 3 nitrogen and oxygen atoms in total. The third kappa shape index (κ3) is 4.04. The number of nitrogens with two attached hydrogens (primary N) is 1. The molecule has 0 aromatic carbocycles. The van der Waals surface area contributed by atoms with Crippen LogP contribution in [0, 0.1) is 0 Å². The van der Waals surface area contributed by atoms with Crippen molar-refractivity contribution in [1.82, 2.24) is 4.90 Å². The van der Waals surface area contributed by atoms with Gasteiger partial charge in [-0.3, -0.25) is 4.90 Å². The van der Waals surface area contributed by atoms with Gasteiger partial charge in [0.25, 0.3) is 0 Å². The van der Waals surface area contributed by atoms with Gasteiger partial charge in [0.2, 0.25) is 0 Å². The van der Waals surface area contributed by atoms with Gasteiger partial charge < -0.3 is 10.5 Å². The van der Waals surface area contributed by atoms with Crippen LogP contribution in [0.2, 0.25) is 0 Å². The first-order chi connectivity index (χ1) is 7.83. The van der Waals surface area contributed by atoms with Crippen molar-refractivity contribution in [3.05, 3.63) is 0 Å². The minimum absolute atomic E-state index is 0.571. The van der Waals surface area contributed by atoms with E-state index < -0.39 is 0 Å². The van der Waals surface area contributed by atoms with Crippen molar-refractivity contribution in [3.8, 4) is 0 Å². The highest BCUT2D eigenvalue weighted by atomic mass is 16.5. The Morgan fingerprint density at radius 2 is 2.06 bits per heavy atom. The van der Waals surface area contributed by atoms with Gasteiger partial charge in [-0.2, -0.15) is 0 Å². The molecular formula is C13H28N2O. The lowest BCUT2D eigenvalue weighted by Gasteiger charge is -2.35. The molecule has 0 bridgehead atoms. The minimum atomic E-state index is 0.571. The number of rotatable bonds is 8. The Morgan fingerprint density at radius 3 is 2.56 bits per heavy atom. The first-order valence-corrected chi connectivity index (χ1v) is 6.78. The zero-order valence-electron chi connectivity index (χ0n) is 11.0. The molecule has 1 rings (SSSR count). The summed E-state index contributed by atoms with van der Waals surface area (Å²) in [5.41, 5.74) is 5.61. The molecule has 1 aliphatic rings. The van der Waals surface area contributed by atoms with Gasteiger partial charge in [-0.1, -0.05) is 19.8 Å². The van der Waals surface area contributed by atoms with Crippen molar-refractivity contribution in [3.63, 3.8) is 0 Å². The fourth-order valence-electron chi connectivity index (χ4n) is 2.94. The lowest BCUT2D eigenvalue weighted by atomic mass is 10.1. The highest BCUT2D eigenvalue weighted by Gasteiger charge is 2.26. The molecule has 1 fully saturated rings. The van der Waals surface area contributed by atoms with Gasteiger partial charge in [0.05, 0.1) is 6.61 Å². The molecule has 0 aromatic heterocycles. The molecule has 1 saturated carbocycles. The molecule has 2 N–H and O–H groups in total. The SMILES string of the molecule is CCN(C1CCCC1)C(CCCN)COC. The van der Waals surface area contributed by atoms with E-state index in [9.17, 15) is 0 Å². The van der Waals surface area contributed by atoms with Crippen LogP contribution < -0.4 is 5.73 Å². The Bertz CT molecular complexity index is 169. The van der Waals surface area contributed by atoms with Crippen LogP contribution in [-0.2, 0) is 4.74 Å². The number of hydrogen-bond donors (Lipinski definition) is 1. The first-order valence-electron chi connectivity index (χ1n) is 6.78. The maximum Gasteiger partial charge on any atom is 0.0618 e. The Labute approximate surface area is 100 Å². The highest BCUT2D eigenvalue weighted by Crippen LogP contribution is 2.26. The van der Waals surface area contributed by atoms with Crippen LogP contribution >= 0.6 is 0 Å². The lowest BCUT2D eigenvalue weighted by molar-refractivity contribution is 0.0600. The summed E-state index contributed by atoms with van der Waals surface area (Å²) in [7, 11) is 1.80. The molecule has 0 aromatic rings. The summed E-state index contributed by atoms with van der Waals surface area (Å²) >= 11 is 0. The van der Waals surface area contributed by atoms with Gasteiger partial charge in [-0.15, -0.1) is 0 Å². The van der Waals surface area contributed by atoms with Crippen molar-refractivity contribution in [1.29, 1.82) is 0 Å². The molecule has 16 heavy (non-hydrogen) atoms. The number of methoxy groups -OCH3 is 1. The van der Waals surface area contributed by atoms with Crippen LogP contribution in [0.3, 0.4) is 0 Å². The van der Waals surface area contributed by atoms with Crippen LogP contribution in [0.4, 0.5) is 0 Å². The maximum atomic E-state index is 5.61. The van der Waals surface area contributed by atoms with E-state index in [-0.39, 0.29) is 0 Å². The molecule has 1 aliphatic carbocycles. The monoisotopic (exact) mass is 228 g/mol. The number of nitrogens with zero attached hydrogens (tertiary/aromatic N) is 1. The predicted molar refractivity (Wildman–Crippen MR) is 68.6 cm³/mol. The fraction of sp³-hybridized carbons (Fsp3) is 1.00. The molecule has 0 amide bonds. The maximum absolute atomic E-state index is 5.61. The quantitative estimate of drug-likeness (QED) is 0.690. The molecule has 3 heteroatoms. The summed E-state index contributed by atoms with van der Waals surface area (Å²) in [6.07, 6.45) is 7.83. The van der Waals surface area contributed by atoms with Crippen LogP contribution in [0.1, 0.15) is 45.4 Å². The van der Waals surface area contributed by atoms with E-state index in [1.54, 1.807) is 7.11 Å². The van der Waals surface area contributed by atoms with Gasteiger partial charge >= 0.3 is 0 Å². The Balaban J connectivity index is 2.49. The molecule has 0 saturated heterocycles. The number of hydrogen-bond acceptors (Lipinski definition) is 3.